The van der Waals surface area contributed by atoms with Crippen molar-refractivity contribution in [2.75, 3.05) is 26.4 Å². The Balaban J connectivity index is 2.31. The lowest BCUT2D eigenvalue weighted by molar-refractivity contribution is -0.161. The summed E-state index contributed by atoms with van der Waals surface area (Å²) in [5.41, 5.74) is 8.02. The maximum Gasteiger partial charge on any atom is 0.472 e. The molecule has 0 aromatic carbocycles. The van der Waals surface area contributed by atoms with Gasteiger partial charge < -0.3 is 29.6 Å². The average Bonchev–Trinajstić information content (AvgIpc) is 3.53. The van der Waals surface area contributed by atoms with Crippen LogP contribution in [0.2, 0.25) is 0 Å². The van der Waals surface area contributed by atoms with E-state index in [0.29, 0.717) is 6.42 Å². The van der Waals surface area contributed by atoms with Crippen LogP contribution in [-0.2, 0) is 45.5 Å². The number of phosphoric acid groups is 1. The van der Waals surface area contributed by atoms with E-state index in [0.717, 1.165) is 70.6 Å². The number of carbonyl (C=O) groups excluding carboxylic acids is 2. The van der Waals surface area contributed by atoms with Crippen LogP contribution in [0.3, 0.4) is 0 Å². The van der Waals surface area contributed by atoms with Crippen molar-refractivity contribution in [2.24, 2.45) is 5.73 Å². The average molecular weight is 902 g/mol. The van der Waals surface area contributed by atoms with Crippen LogP contribution in [0.1, 0.15) is 171 Å². The second-order valence-electron chi connectivity index (χ2n) is 16.0. The number of phosphoric ester groups is 1. The number of esters is 2. The first-order valence-corrected chi connectivity index (χ1v) is 25.4. The van der Waals surface area contributed by atoms with Gasteiger partial charge in [-0.3, -0.25) is 18.6 Å². The van der Waals surface area contributed by atoms with Crippen LogP contribution < -0.4 is 5.73 Å². The second kappa shape index (κ2) is 39.1. The largest absolute Gasteiger partial charge is 0.472 e. The van der Waals surface area contributed by atoms with Crippen LogP contribution in [0.25, 0.3) is 0 Å². The van der Waals surface area contributed by atoms with Crippen molar-refractivity contribution in [1.82, 2.24) is 0 Å². The lowest BCUT2D eigenvalue weighted by Gasteiger charge is -2.20. The van der Waals surface area contributed by atoms with Crippen molar-refractivity contribution in [1.29, 1.82) is 0 Å². The standard InChI is InChI=1S/C51H84NO10P/c1-5-7-9-10-11-12-13-14-15-16-17-18-21-24-27-31-34-46(53)38-39-51(55)61-47(43-60-63(56,57)59-41-40-52)42-58-50(54)37-33-29-26-23-20-19-22-25-28-32-36-49-45(4)44(3)48(62-49)35-30-8-6-2/h7,9,11-12,14-15,17-18,24,27,31,34,46-47,53H,5-6,8,10,13,16,19-23,25-26,28-30,32-33,35-43,52H2,1-4H3,(H,56,57)/b9-7-,12-11-,15-14-,18-17-,27-24-,34-31-/t46?,47-/m1/s1. The highest BCUT2D eigenvalue weighted by Gasteiger charge is 2.26. The summed E-state index contributed by atoms with van der Waals surface area (Å²) in [7, 11) is -4.46. The number of nitrogens with two attached hydrogens (primary N) is 1. The highest BCUT2D eigenvalue weighted by molar-refractivity contribution is 7.47. The van der Waals surface area contributed by atoms with Crippen molar-refractivity contribution in [2.45, 2.75) is 188 Å². The second-order valence-corrected chi connectivity index (χ2v) is 17.5. The summed E-state index contributed by atoms with van der Waals surface area (Å²) in [6.07, 6.45) is 43.7. The zero-order valence-corrected chi connectivity index (χ0v) is 40.3. The summed E-state index contributed by atoms with van der Waals surface area (Å²) in [6.45, 7) is 7.66. The van der Waals surface area contributed by atoms with Gasteiger partial charge in [-0.2, -0.15) is 0 Å². The van der Waals surface area contributed by atoms with Gasteiger partial charge in [-0.15, -0.1) is 0 Å². The van der Waals surface area contributed by atoms with Gasteiger partial charge in [0.1, 0.15) is 18.1 Å². The number of rotatable bonds is 40. The molecule has 12 heteroatoms. The molecule has 0 spiro atoms. The highest BCUT2D eigenvalue weighted by atomic mass is 31.2. The molecule has 0 fully saturated rings. The monoisotopic (exact) mass is 902 g/mol. The van der Waals surface area contributed by atoms with Crippen LogP contribution in [0.5, 0.6) is 0 Å². The minimum Gasteiger partial charge on any atom is -0.466 e. The fourth-order valence-electron chi connectivity index (χ4n) is 6.57. The molecule has 0 aliphatic carbocycles. The number of furan rings is 1. The Bertz CT molecular complexity index is 1560. The lowest BCUT2D eigenvalue weighted by atomic mass is 10.0. The van der Waals surface area contributed by atoms with E-state index in [-0.39, 0.29) is 39.0 Å². The minimum atomic E-state index is -4.46. The third-order valence-corrected chi connectivity index (χ3v) is 11.4. The van der Waals surface area contributed by atoms with E-state index in [9.17, 15) is 24.2 Å². The molecule has 1 aromatic heterocycles. The Hall–Kier alpha value is -3.31. The van der Waals surface area contributed by atoms with Gasteiger partial charge in [0.25, 0.3) is 0 Å². The molecule has 358 valence electrons. The SMILES string of the molecule is CC/C=C\C/C=C\C/C=C\C/C=C\C/C=C\C=C/C(O)CCC(=O)O[C@H](COC(=O)CCCCCCCCCCCCc1oc(CCCCC)c(C)c1C)COP(=O)(O)OCCN. The molecule has 63 heavy (non-hydrogen) atoms. The number of allylic oxidation sites excluding steroid dienone is 11. The van der Waals surface area contributed by atoms with Gasteiger partial charge in [0.15, 0.2) is 6.10 Å². The number of aliphatic hydroxyl groups excluding tert-OH is 1. The predicted octanol–water partition coefficient (Wildman–Crippen LogP) is 12.5. The number of carbonyl (C=O) groups is 2. The Morgan fingerprint density at radius 3 is 1.75 bits per heavy atom. The topological polar surface area (TPSA) is 168 Å². The summed E-state index contributed by atoms with van der Waals surface area (Å²) in [5, 5.41) is 10.3. The van der Waals surface area contributed by atoms with E-state index < -0.39 is 38.6 Å². The van der Waals surface area contributed by atoms with E-state index in [1.54, 1.807) is 12.2 Å². The van der Waals surface area contributed by atoms with Gasteiger partial charge in [-0.05, 0) is 82.8 Å². The van der Waals surface area contributed by atoms with E-state index >= 15 is 0 Å². The molecule has 0 radical (unpaired) electrons. The van der Waals surface area contributed by atoms with Gasteiger partial charge in [-0.1, -0.05) is 151 Å². The van der Waals surface area contributed by atoms with Crippen molar-refractivity contribution >= 4 is 19.8 Å². The molecule has 0 aliphatic heterocycles. The number of hydrogen-bond donors (Lipinski definition) is 3. The summed E-state index contributed by atoms with van der Waals surface area (Å²) in [5.74, 6) is 1.22. The summed E-state index contributed by atoms with van der Waals surface area (Å²) >= 11 is 0. The molecule has 0 aliphatic rings. The Morgan fingerprint density at radius 1 is 0.667 bits per heavy atom. The molecule has 11 nitrogen and oxygen atoms in total. The van der Waals surface area contributed by atoms with Gasteiger partial charge in [0, 0.05) is 32.2 Å². The van der Waals surface area contributed by atoms with Crippen molar-refractivity contribution in [3.63, 3.8) is 0 Å². The Labute approximate surface area is 380 Å². The molecule has 0 saturated heterocycles. The van der Waals surface area contributed by atoms with E-state index in [1.165, 1.54) is 74.0 Å². The summed E-state index contributed by atoms with van der Waals surface area (Å²) in [6, 6.07) is 0. The maximum atomic E-state index is 12.6. The maximum absolute atomic E-state index is 12.6. The number of hydrogen-bond acceptors (Lipinski definition) is 10. The molecule has 3 atom stereocenters. The van der Waals surface area contributed by atoms with E-state index in [1.807, 2.05) is 12.2 Å². The van der Waals surface area contributed by atoms with Crippen LogP contribution in [-0.4, -0.2) is 60.5 Å². The fourth-order valence-corrected chi connectivity index (χ4v) is 7.33. The molecular formula is C51H84NO10P. The summed E-state index contributed by atoms with van der Waals surface area (Å²) < 4.78 is 38.9. The molecule has 4 N–H and O–H groups in total. The molecule has 0 amide bonds. The van der Waals surface area contributed by atoms with E-state index in [4.69, 9.17) is 28.7 Å². The van der Waals surface area contributed by atoms with Crippen LogP contribution in [0.4, 0.5) is 0 Å². The van der Waals surface area contributed by atoms with Crippen molar-refractivity contribution in [3.8, 4) is 0 Å². The third-order valence-electron chi connectivity index (χ3n) is 10.4. The van der Waals surface area contributed by atoms with E-state index in [2.05, 4.69) is 76.3 Å². The first-order chi connectivity index (χ1) is 30.5. The van der Waals surface area contributed by atoms with Crippen LogP contribution in [0, 0.1) is 13.8 Å². The number of unbranched alkanes of at least 4 members (excludes halogenated alkanes) is 11. The van der Waals surface area contributed by atoms with Gasteiger partial charge in [0.2, 0.25) is 0 Å². The zero-order valence-electron chi connectivity index (χ0n) is 39.4. The van der Waals surface area contributed by atoms with Crippen LogP contribution >= 0.6 is 7.82 Å². The third kappa shape index (κ3) is 32.9. The molecule has 1 rings (SSSR count). The first kappa shape index (κ1) is 57.7. The smallest absolute Gasteiger partial charge is 0.466 e. The number of ether oxygens (including phenoxy) is 2. The molecule has 2 unspecified atom stereocenters. The predicted molar refractivity (Wildman–Crippen MR) is 256 cm³/mol. The minimum absolute atomic E-state index is 0.00896. The van der Waals surface area contributed by atoms with Crippen LogP contribution in [0.15, 0.2) is 77.3 Å². The molecule has 1 heterocycles. The van der Waals surface area contributed by atoms with Gasteiger partial charge >= 0.3 is 19.8 Å². The Morgan fingerprint density at radius 2 is 1.19 bits per heavy atom. The Kier molecular flexibility index (Phi) is 35.8. The fraction of sp³-hybridized carbons (Fsp3) is 0.647. The van der Waals surface area contributed by atoms with Gasteiger partial charge in [-0.25, -0.2) is 4.57 Å². The van der Waals surface area contributed by atoms with Crippen molar-refractivity contribution in [3.05, 3.63) is 95.6 Å². The first-order valence-electron chi connectivity index (χ1n) is 23.9. The highest BCUT2D eigenvalue weighted by Crippen LogP contribution is 2.43. The summed E-state index contributed by atoms with van der Waals surface area (Å²) in [4.78, 5) is 35.1. The number of aryl methyl sites for hydroxylation is 2. The van der Waals surface area contributed by atoms with Crippen molar-refractivity contribution < 1.29 is 47.1 Å². The normalized spacial score (nSPS) is 14.3. The molecule has 0 saturated carbocycles. The van der Waals surface area contributed by atoms with Gasteiger partial charge in [0.05, 0.1) is 19.3 Å². The molecule has 1 aromatic rings. The quantitative estimate of drug-likeness (QED) is 0.0188. The molecule has 0 bridgehead atoms. The molecular weight excluding hydrogens is 818 g/mol. The zero-order chi connectivity index (χ0) is 46.2. The lowest BCUT2D eigenvalue weighted by Crippen LogP contribution is -2.30. The number of aliphatic hydroxyl groups is 1.